The van der Waals surface area contributed by atoms with E-state index in [1.807, 2.05) is 30.1 Å². The van der Waals surface area contributed by atoms with E-state index >= 15 is 0 Å². The summed E-state index contributed by atoms with van der Waals surface area (Å²) in [5.41, 5.74) is 3.23. The van der Waals surface area contributed by atoms with Crippen molar-refractivity contribution in [3.8, 4) is 6.07 Å². The summed E-state index contributed by atoms with van der Waals surface area (Å²) in [5, 5.41) is 17.2. The Morgan fingerprint density at radius 3 is 2.81 bits per heavy atom. The van der Waals surface area contributed by atoms with Crippen molar-refractivity contribution >= 4 is 0 Å². The van der Waals surface area contributed by atoms with Gasteiger partial charge in [-0.1, -0.05) is 0 Å². The van der Waals surface area contributed by atoms with Crippen LogP contribution in [0.1, 0.15) is 48.7 Å². The highest BCUT2D eigenvalue weighted by Crippen LogP contribution is 2.42. The summed E-state index contributed by atoms with van der Waals surface area (Å²) in [7, 11) is 3.99. The minimum absolute atomic E-state index is 0.460. The molecule has 2 atom stereocenters. The second kappa shape index (κ2) is 7.26. The zero-order valence-corrected chi connectivity index (χ0v) is 15.7. The number of hydrogen-bond acceptors (Lipinski definition) is 4. The molecular weight excluding hydrogens is 324 g/mol. The summed E-state index contributed by atoms with van der Waals surface area (Å²) in [5.74, 6) is 0.596. The Morgan fingerprint density at radius 2 is 2.15 bits per heavy atom. The Kier molecular flexibility index (Phi) is 4.84. The van der Waals surface area contributed by atoms with Crippen molar-refractivity contribution in [1.29, 1.82) is 5.26 Å². The van der Waals surface area contributed by atoms with E-state index in [4.69, 9.17) is 5.26 Å². The molecule has 4 rings (SSSR count). The van der Waals surface area contributed by atoms with E-state index in [2.05, 4.69) is 39.2 Å². The number of aryl methyl sites for hydroxylation is 2. The highest BCUT2D eigenvalue weighted by atomic mass is 15.3. The second-order valence-electron chi connectivity index (χ2n) is 7.78. The smallest absolute Gasteiger partial charge is 0.120 e. The monoisotopic (exact) mass is 352 g/mol. The summed E-state index contributed by atoms with van der Waals surface area (Å²) in [6, 6.07) is 7.62. The summed E-state index contributed by atoms with van der Waals surface area (Å²) < 4.78 is 3.94. The van der Waals surface area contributed by atoms with Crippen LogP contribution in [0.25, 0.3) is 0 Å². The fraction of sp³-hybridized carbons (Fsp3) is 0.600. The Balaban J connectivity index is 1.45. The maximum absolute atomic E-state index is 9.11. The number of hydrogen-bond donors (Lipinski definition) is 1. The van der Waals surface area contributed by atoms with Crippen molar-refractivity contribution in [2.75, 3.05) is 13.1 Å². The molecule has 0 spiro atoms. The number of nitrogens with one attached hydrogen (secondary N) is 1. The number of nitriles is 1. The molecule has 1 aliphatic heterocycles. The van der Waals surface area contributed by atoms with Crippen LogP contribution in [-0.4, -0.2) is 38.4 Å². The van der Waals surface area contributed by atoms with Gasteiger partial charge in [-0.15, -0.1) is 0 Å². The van der Waals surface area contributed by atoms with Gasteiger partial charge in [-0.05, 0) is 55.8 Å². The molecule has 2 aliphatic rings. The van der Waals surface area contributed by atoms with E-state index in [0.717, 1.165) is 19.1 Å². The first-order chi connectivity index (χ1) is 12.7. The largest absolute Gasteiger partial charge is 0.342 e. The Morgan fingerprint density at radius 1 is 1.31 bits per heavy atom. The number of likely N-dealkylation sites (tertiary alicyclic amines) is 1. The molecule has 138 valence electrons. The van der Waals surface area contributed by atoms with Crippen LogP contribution in [-0.2, 0) is 20.6 Å². The molecule has 0 aromatic carbocycles. The van der Waals surface area contributed by atoms with Crippen molar-refractivity contribution < 1.29 is 0 Å². The molecule has 26 heavy (non-hydrogen) atoms. The van der Waals surface area contributed by atoms with Gasteiger partial charge in [0.15, 0.2) is 0 Å². The van der Waals surface area contributed by atoms with E-state index in [0.29, 0.717) is 17.7 Å². The van der Waals surface area contributed by atoms with Gasteiger partial charge in [0.1, 0.15) is 11.8 Å². The fourth-order valence-corrected chi connectivity index (χ4v) is 4.46. The van der Waals surface area contributed by atoms with Crippen LogP contribution >= 0.6 is 0 Å². The molecule has 0 unspecified atom stereocenters. The minimum Gasteiger partial charge on any atom is -0.342 e. The molecule has 0 radical (unpaired) electrons. The van der Waals surface area contributed by atoms with Gasteiger partial charge >= 0.3 is 0 Å². The molecule has 1 saturated carbocycles. The van der Waals surface area contributed by atoms with Crippen molar-refractivity contribution in [2.45, 2.75) is 44.3 Å². The van der Waals surface area contributed by atoms with Gasteiger partial charge in [-0.3, -0.25) is 9.58 Å². The van der Waals surface area contributed by atoms with E-state index in [1.165, 1.54) is 43.5 Å². The van der Waals surface area contributed by atoms with Crippen LogP contribution in [0, 0.1) is 17.2 Å². The van der Waals surface area contributed by atoms with Crippen LogP contribution in [0.2, 0.25) is 0 Å². The molecule has 2 aromatic heterocycles. The van der Waals surface area contributed by atoms with Gasteiger partial charge < -0.3 is 9.88 Å². The highest BCUT2D eigenvalue weighted by molar-refractivity contribution is 5.28. The maximum Gasteiger partial charge on any atom is 0.120 e. The Hall–Kier alpha value is -2.10. The standard InChI is InChI=1S/C20H28N6/c1-24-14-15(10-18(24)11-21)12-22-13-16-4-3-9-26(17-5-6-17)20(16)19-7-8-23-25(19)2/h7-8,10,14,16-17,20,22H,3-6,9,12-13H2,1-2H3/t16-,20+/m0/s1. The molecule has 2 aromatic rings. The lowest BCUT2D eigenvalue weighted by Crippen LogP contribution is -2.44. The normalized spacial score (nSPS) is 23.9. The van der Waals surface area contributed by atoms with Gasteiger partial charge in [0, 0.05) is 45.6 Å². The molecule has 3 heterocycles. The van der Waals surface area contributed by atoms with Crippen LogP contribution < -0.4 is 5.32 Å². The first-order valence-electron chi connectivity index (χ1n) is 9.67. The van der Waals surface area contributed by atoms with Crippen molar-refractivity contribution in [1.82, 2.24) is 24.6 Å². The Bertz CT molecular complexity index is 794. The van der Waals surface area contributed by atoms with Crippen molar-refractivity contribution in [3.63, 3.8) is 0 Å². The van der Waals surface area contributed by atoms with Crippen molar-refractivity contribution in [2.24, 2.45) is 20.0 Å². The molecule has 6 heteroatoms. The molecule has 1 saturated heterocycles. The van der Waals surface area contributed by atoms with E-state index in [1.54, 1.807) is 0 Å². The zero-order valence-electron chi connectivity index (χ0n) is 15.7. The van der Waals surface area contributed by atoms with Gasteiger partial charge in [-0.25, -0.2) is 0 Å². The fourth-order valence-electron chi connectivity index (χ4n) is 4.46. The number of nitrogens with zero attached hydrogens (tertiary/aromatic N) is 5. The Labute approximate surface area is 155 Å². The summed E-state index contributed by atoms with van der Waals surface area (Å²) in [4.78, 5) is 2.73. The molecule has 2 fully saturated rings. The quantitative estimate of drug-likeness (QED) is 0.867. The van der Waals surface area contributed by atoms with Crippen LogP contribution in [0.4, 0.5) is 0 Å². The van der Waals surface area contributed by atoms with E-state index in [9.17, 15) is 0 Å². The second-order valence-corrected chi connectivity index (χ2v) is 7.78. The lowest BCUT2D eigenvalue weighted by Gasteiger charge is -2.42. The van der Waals surface area contributed by atoms with Gasteiger partial charge in [-0.2, -0.15) is 10.4 Å². The maximum atomic E-state index is 9.11. The lowest BCUT2D eigenvalue weighted by atomic mass is 9.86. The third-order valence-corrected chi connectivity index (χ3v) is 5.88. The molecule has 1 aliphatic carbocycles. The van der Waals surface area contributed by atoms with Crippen LogP contribution in [0.5, 0.6) is 0 Å². The van der Waals surface area contributed by atoms with E-state index < -0.39 is 0 Å². The molecule has 6 nitrogen and oxygen atoms in total. The zero-order chi connectivity index (χ0) is 18.1. The minimum atomic E-state index is 0.460. The third-order valence-electron chi connectivity index (χ3n) is 5.88. The molecule has 0 amide bonds. The number of aromatic nitrogens is 3. The molecule has 1 N–H and O–H groups in total. The first-order valence-corrected chi connectivity index (χ1v) is 9.67. The van der Waals surface area contributed by atoms with Gasteiger partial charge in [0.2, 0.25) is 0 Å². The average molecular weight is 352 g/mol. The topological polar surface area (TPSA) is 61.8 Å². The summed E-state index contributed by atoms with van der Waals surface area (Å²) in [6.07, 6.45) is 9.19. The van der Waals surface area contributed by atoms with Gasteiger partial charge in [0.25, 0.3) is 0 Å². The SMILES string of the molecule is Cn1cc(CNC[C@@H]2CCCN(C3CC3)[C@H]2c2ccnn2C)cc1C#N. The first kappa shape index (κ1) is 17.3. The van der Waals surface area contributed by atoms with Crippen LogP contribution in [0.3, 0.4) is 0 Å². The van der Waals surface area contributed by atoms with Crippen LogP contribution in [0.15, 0.2) is 24.5 Å². The predicted octanol–water partition coefficient (Wildman–Crippen LogP) is 2.34. The lowest BCUT2D eigenvalue weighted by molar-refractivity contribution is 0.0777. The molecular formula is C20H28N6. The number of rotatable bonds is 6. The summed E-state index contributed by atoms with van der Waals surface area (Å²) >= 11 is 0. The predicted molar refractivity (Wildman–Crippen MR) is 100 cm³/mol. The van der Waals surface area contributed by atoms with Gasteiger partial charge in [0.05, 0.1) is 11.7 Å². The third kappa shape index (κ3) is 3.42. The van der Waals surface area contributed by atoms with E-state index in [-0.39, 0.29) is 0 Å². The molecule has 0 bridgehead atoms. The average Bonchev–Trinajstić information content (AvgIpc) is 3.30. The highest BCUT2D eigenvalue weighted by Gasteiger charge is 2.41. The number of piperidine rings is 1. The summed E-state index contributed by atoms with van der Waals surface area (Å²) in [6.45, 7) is 3.02. The van der Waals surface area contributed by atoms with Crippen molar-refractivity contribution in [3.05, 3.63) is 41.5 Å².